The predicted molar refractivity (Wildman–Crippen MR) is 86.4 cm³/mol. The molecule has 1 aliphatic rings. The summed E-state index contributed by atoms with van der Waals surface area (Å²) in [4.78, 5) is 16.4. The van der Waals surface area contributed by atoms with E-state index in [9.17, 15) is 4.79 Å². The van der Waals surface area contributed by atoms with Crippen molar-refractivity contribution < 1.29 is 4.79 Å². The Labute approximate surface area is 128 Å². The zero-order valence-electron chi connectivity index (χ0n) is 13.2. The van der Waals surface area contributed by atoms with Gasteiger partial charge in [0.05, 0.1) is 0 Å². The fourth-order valence-electron chi connectivity index (χ4n) is 2.77. The molecule has 1 aliphatic heterocycles. The van der Waals surface area contributed by atoms with Crippen molar-refractivity contribution >= 4 is 6.03 Å². The van der Waals surface area contributed by atoms with Crippen LogP contribution >= 0.6 is 0 Å². The van der Waals surface area contributed by atoms with Gasteiger partial charge in [-0.2, -0.15) is 0 Å². The molecule has 2 rings (SSSR count). The minimum Gasteiger partial charge on any atom is -0.338 e. The number of carbonyl (C=O) groups is 1. The van der Waals surface area contributed by atoms with Crippen molar-refractivity contribution in [2.45, 2.75) is 32.7 Å². The van der Waals surface area contributed by atoms with E-state index in [4.69, 9.17) is 0 Å². The maximum atomic E-state index is 12.0. The fraction of sp³-hybridized carbons (Fsp3) is 0.588. The molecule has 116 valence electrons. The second-order valence-electron chi connectivity index (χ2n) is 5.80. The van der Waals surface area contributed by atoms with Crippen LogP contribution in [0.15, 0.2) is 30.3 Å². The van der Waals surface area contributed by atoms with Crippen molar-refractivity contribution in [1.29, 1.82) is 0 Å². The van der Waals surface area contributed by atoms with Crippen LogP contribution in [-0.4, -0.2) is 54.6 Å². The molecule has 0 bridgehead atoms. The molecular formula is C17H27N3O. The SMILES string of the molecule is CCCNC(=O)N1CCN(CCc2ccccc2)C(C)C1. The molecule has 0 spiro atoms. The molecule has 0 saturated carbocycles. The number of urea groups is 1. The van der Waals surface area contributed by atoms with Crippen molar-refractivity contribution in [3.05, 3.63) is 35.9 Å². The Morgan fingerprint density at radius 3 is 2.71 bits per heavy atom. The zero-order chi connectivity index (χ0) is 15.1. The summed E-state index contributed by atoms with van der Waals surface area (Å²) in [5, 5.41) is 2.96. The first-order valence-corrected chi connectivity index (χ1v) is 8.01. The summed E-state index contributed by atoms with van der Waals surface area (Å²) in [5.41, 5.74) is 1.38. The Hall–Kier alpha value is -1.55. The lowest BCUT2D eigenvalue weighted by Crippen LogP contribution is -2.56. The minimum absolute atomic E-state index is 0.0893. The fourth-order valence-corrected chi connectivity index (χ4v) is 2.77. The van der Waals surface area contributed by atoms with Crippen LogP contribution in [-0.2, 0) is 6.42 Å². The number of nitrogens with zero attached hydrogens (tertiary/aromatic N) is 2. The van der Waals surface area contributed by atoms with Crippen LogP contribution in [0.5, 0.6) is 0 Å². The number of amides is 2. The van der Waals surface area contributed by atoms with E-state index in [2.05, 4.69) is 54.4 Å². The standard InChI is InChI=1S/C17H27N3O/c1-3-10-18-17(21)20-13-12-19(15(2)14-20)11-9-16-7-5-4-6-8-16/h4-8,15H,3,9-14H2,1-2H3,(H,18,21). The van der Waals surface area contributed by atoms with E-state index >= 15 is 0 Å². The molecule has 1 fully saturated rings. The van der Waals surface area contributed by atoms with Gasteiger partial charge in [-0.05, 0) is 25.3 Å². The van der Waals surface area contributed by atoms with Gasteiger partial charge in [-0.25, -0.2) is 4.79 Å². The van der Waals surface area contributed by atoms with E-state index in [1.54, 1.807) is 0 Å². The van der Waals surface area contributed by atoms with E-state index in [1.165, 1.54) is 5.56 Å². The second-order valence-corrected chi connectivity index (χ2v) is 5.80. The molecule has 0 radical (unpaired) electrons. The molecule has 1 aromatic carbocycles. The lowest BCUT2D eigenvalue weighted by Gasteiger charge is -2.39. The largest absolute Gasteiger partial charge is 0.338 e. The Balaban J connectivity index is 1.77. The average Bonchev–Trinajstić information content (AvgIpc) is 2.52. The summed E-state index contributed by atoms with van der Waals surface area (Å²) in [5.74, 6) is 0. The summed E-state index contributed by atoms with van der Waals surface area (Å²) in [7, 11) is 0. The van der Waals surface area contributed by atoms with Crippen LogP contribution in [0.2, 0.25) is 0 Å². The van der Waals surface area contributed by atoms with Crippen LogP contribution in [0.3, 0.4) is 0 Å². The molecule has 4 heteroatoms. The van der Waals surface area contributed by atoms with Crippen molar-refractivity contribution in [2.24, 2.45) is 0 Å². The Bertz CT molecular complexity index is 435. The van der Waals surface area contributed by atoms with E-state index in [1.807, 2.05) is 4.90 Å². The number of hydrogen-bond donors (Lipinski definition) is 1. The summed E-state index contributed by atoms with van der Waals surface area (Å²) in [6, 6.07) is 11.1. The third kappa shape index (κ3) is 4.74. The van der Waals surface area contributed by atoms with Crippen molar-refractivity contribution in [1.82, 2.24) is 15.1 Å². The molecule has 0 aliphatic carbocycles. The smallest absolute Gasteiger partial charge is 0.317 e. The summed E-state index contributed by atoms with van der Waals surface area (Å²) >= 11 is 0. The minimum atomic E-state index is 0.0893. The van der Waals surface area contributed by atoms with Crippen LogP contribution in [0.25, 0.3) is 0 Å². The van der Waals surface area contributed by atoms with Gasteiger partial charge in [0, 0.05) is 38.8 Å². The van der Waals surface area contributed by atoms with Gasteiger partial charge in [0.1, 0.15) is 0 Å². The highest BCUT2D eigenvalue weighted by Gasteiger charge is 2.25. The van der Waals surface area contributed by atoms with Crippen molar-refractivity contribution in [3.8, 4) is 0 Å². The van der Waals surface area contributed by atoms with Crippen LogP contribution in [0.4, 0.5) is 4.79 Å². The molecule has 4 nitrogen and oxygen atoms in total. The van der Waals surface area contributed by atoms with Gasteiger partial charge in [-0.3, -0.25) is 4.90 Å². The number of benzene rings is 1. The van der Waals surface area contributed by atoms with Gasteiger partial charge in [0.2, 0.25) is 0 Å². The first-order chi connectivity index (χ1) is 10.2. The highest BCUT2D eigenvalue weighted by molar-refractivity contribution is 5.74. The molecule has 2 amide bonds. The number of hydrogen-bond acceptors (Lipinski definition) is 2. The summed E-state index contributed by atoms with van der Waals surface area (Å²) in [6.45, 7) is 8.73. The maximum absolute atomic E-state index is 12.0. The Morgan fingerprint density at radius 1 is 1.29 bits per heavy atom. The third-order valence-corrected chi connectivity index (χ3v) is 4.11. The zero-order valence-corrected chi connectivity index (χ0v) is 13.2. The van der Waals surface area contributed by atoms with Gasteiger partial charge in [0.25, 0.3) is 0 Å². The van der Waals surface area contributed by atoms with Crippen molar-refractivity contribution in [2.75, 3.05) is 32.7 Å². The van der Waals surface area contributed by atoms with E-state index in [0.29, 0.717) is 6.04 Å². The highest BCUT2D eigenvalue weighted by atomic mass is 16.2. The van der Waals surface area contributed by atoms with Crippen LogP contribution in [0, 0.1) is 0 Å². The van der Waals surface area contributed by atoms with Gasteiger partial charge >= 0.3 is 6.03 Å². The van der Waals surface area contributed by atoms with Crippen molar-refractivity contribution in [3.63, 3.8) is 0 Å². The predicted octanol–water partition coefficient (Wildman–Crippen LogP) is 2.35. The number of nitrogens with one attached hydrogen (secondary N) is 1. The molecular weight excluding hydrogens is 262 g/mol. The molecule has 21 heavy (non-hydrogen) atoms. The first kappa shape index (κ1) is 15.8. The lowest BCUT2D eigenvalue weighted by atomic mass is 10.1. The number of carbonyl (C=O) groups excluding carboxylic acids is 1. The monoisotopic (exact) mass is 289 g/mol. The van der Waals surface area contributed by atoms with Gasteiger partial charge < -0.3 is 10.2 Å². The average molecular weight is 289 g/mol. The normalized spacial score (nSPS) is 19.5. The third-order valence-electron chi connectivity index (χ3n) is 4.11. The molecule has 1 aromatic rings. The summed E-state index contributed by atoms with van der Waals surface area (Å²) in [6.07, 6.45) is 2.06. The molecule has 1 unspecified atom stereocenters. The summed E-state index contributed by atoms with van der Waals surface area (Å²) < 4.78 is 0. The Morgan fingerprint density at radius 2 is 2.05 bits per heavy atom. The first-order valence-electron chi connectivity index (χ1n) is 8.01. The second kappa shape index (κ2) is 8.03. The lowest BCUT2D eigenvalue weighted by molar-refractivity contribution is 0.0990. The van der Waals surface area contributed by atoms with E-state index in [0.717, 1.165) is 45.6 Å². The van der Waals surface area contributed by atoms with Gasteiger partial charge in [-0.15, -0.1) is 0 Å². The highest BCUT2D eigenvalue weighted by Crippen LogP contribution is 2.11. The number of rotatable bonds is 5. The van der Waals surface area contributed by atoms with E-state index < -0.39 is 0 Å². The van der Waals surface area contributed by atoms with Crippen LogP contribution in [0.1, 0.15) is 25.8 Å². The molecule has 0 aromatic heterocycles. The Kier molecular flexibility index (Phi) is 6.05. The number of piperazine rings is 1. The maximum Gasteiger partial charge on any atom is 0.317 e. The quantitative estimate of drug-likeness (QED) is 0.903. The molecule has 1 heterocycles. The van der Waals surface area contributed by atoms with E-state index in [-0.39, 0.29) is 6.03 Å². The molecule has 1 N–H and O–H groups in total. The topological polar surface area (TPSA) is 35.6 Å². The van der Waals surface area contributed by atoms with Gasteiger partial charge in [0.15, 0.2) is 0 Å². The van der Waals surface area contributed by atoms with Gasteiger partial charge in [-0.1, -0.05) is 37.3 Å². The molecule has 1 atom stereocenters. The molecule has 1 saturated heterocycles. The van der Waals surface area contributed by atoms with Crippen LogP contribution < -0.4 is 5.32 Å².